The Bertz CT molecular complexity index is 797. The van der Waals surface area contributed by atoms with Gasteiger partial charge >= 0.3 is 0 Å². The SMILES string of the molecule is COc1cc(-c2c(C)sc3ncnc(N)c23)ccc1N. The van der Waals surface area contributed by atoms with E-state index in [0.29, 0.717) is 17.3 Å². The number of aryl methyl sites for hydroxylation is 1. The van der Waals surface area contributed by atoms with E-state index in [1.165, 1.54) is 6.33 Å². The fourth-order valence-electron chi connectivity index (χ4n) is 2.28. The van der Waals surface area contributed by atoms with Crippen molar-refractivity contribution < 1.29 is 4.74 Å². The number of nitrogens with two attached hydrogens (primary N) is 2. The number of hydrogen-bond donors (Lipinski definition) is 2. The van der Waals surface area contributed by atoms with Crippen molar-refractivity contribution in [2.45, 2.75) is 6.92 Å². The molecule has 0 spiro atoms. The third-order valence-corrected chi connectivity index (χ3v) is 4.23. The first kappa shape index (κ1) is 12.7. The van der Waals surface area contributed by atoms with Crippen molar-refractivity contribution in [2.24, 2.45) is 0 Å². The van der Waals surface area contributed by atoms with E-state index >= 15 is 0 Å². The molecule has 4 N–H and O–H groups in total. The van der Waals surface area contributed by atoms with E-state index in [1.807, 2.05) is 25.1 Å². The Morgan fingerprint density at radius 1 is 1.20 bits per heavy atom. The second kappa shape index (κ2) is 4.64. The Morgan fingerprint density at radius 2 is 2.00 bits per heavy atom. The number of rotatable bonds is 2. The molecule has 5 nitrogen and oxygen atoms in total. The van der Waals surface area contributed by atoms with Gasteiger partial charge in [0, 0.05) is 10.4 Å². The number of anilines is 2. The van der Waals surface area contributed by atoms with E-state index in [1.54, 1.807) is 18.4 Å². The molecule has 2 aromatic heterocycles. The van der Waals surface area contributed by atoms with E-state index in [4.69, 9.17) is 16.2 Å². The van der Waals surface area contributed by atoms with Crippen LogP contribution in [0.2, 0.25) is 0 Å². The van der Waals surface area contributed by atoms with Gasteiger partial charge in [-0.3, -0.25) is 0 Å². The molecule has 0 aliphatic rings. The van der Waals surface area contributed by atoms with Crippen LogP contribution in [0.1, 0.15) is 4.88 Å². The van der Waals surface area contributed by atoms with Crippen molar-refractivity contribution in [3.05, 3.63) is 29.4 Å². The molecule has 20 heavy (non-hydrogen) atoms. The minimum Gasteiger partial charge on any atom is -0.495 e. The maximum Gasteiger partial charge on any atom is 0.142 e. The summed E-state index contributed by atoms with van der Waals surface area (Å²) in [6, 6.07) is 5.70. The van der Waals surface area contributed by atoms with Gasteiger partial charge in [-0.15, -0.1) is 11.3 Å². The lowest BCUT2D eigenvalue weighted by atomic mass is 10.0. The van der Waals surface area contributed by atoms with Gasteiger partial charge < -0.3 is 16.2 Å². The fourth-order valence-corrected chi connectivity index (χ4v) is 3.30. The van der Waals surface area contributed by atoms with Crippen molar-refractivity contribution >= 4 is 33.1 Å². The summed E-state index contributed by atoms with van der Waals surface area (Å²) < 4.78 is 5.28. The molecular formula is C14H14N4OS. The third kappa shape index (κ3) is 1.85. The Morgan fingerprint density at radius 3 is 2.75 bits per heavy atom. The van der Waals surface area contributed by atoms with Crippen LogP contribution in [-0.4, -0.2) is 17.1 Å². The monoisotopic (exact) mass is 286 g/mol. The van der Waals surface area contributed by atoms with Crippen LogP contribution < -0.4 is 16.2 Å². The van der Waals surface area contributed by atoms with Gasteiger partial charge in [0.15, 0.2) is 0 Å². The Labute approximate surface area is 120 Å². The Hall–Kier alpha value is -2.34. The summed E-state index contributed by atoms with van der Waals surface area (Å²) in [5, 5.41) is 0.891. The van der Waals surface area contributed by atoms with Crippen molar-refractivity contribution in [2.75, 3.05) is 18.6 Å². The first-order chi connectivity index (χ1) is 9.61. The molecule has 6 heteroatoms. The quantitative estimate of drug-likeness (QED) is 0.707. The number of nitrogens with zero attached hydrogens (tertiary/aromatic N) is 2. The molecule has 0 fully saturated rings. The lowest BCUT2D eigenvalue weighted by Gasteiger charge is -2.08. The van der Waals surface area contributed by atoms with Gasteiger partial charge in [0.25, 0.3) is 0 Å². The molecule has 0 unspecified atom stereocenters. The molecule has 0 radical (unpaired) electrons. The average molecular weight is 286 g/mol. The summed E-state index contributed by atoms with van der Waals surface area (Å²) in [6.45, 7) is 2.05. The smallest absolute Gasteiger partial charge is 0.142 e. The molecule has 0 amide bonds. The zero-order valence-electron chi connectivity index (χ0n) is 11.2. The van der Waals surface area contributed by atoms with Crippen molar-refractivity contribution in [1.82, 2.24) is 9.97 Å². The van der Waals surface area contributed by atoms with Gasteiger partial charge in [-0.05, 0) is 24.6 Å². The topological polar surface area (TPSA) is 87.0 Å². The highest BCUT2D eigenvalue weighted by atomic mass is 32.1. The van der Waals surface area contributed by atoms with Gasteiger partial charge in [0.1, 0.15) is 22.7 Å². The number of aromatic nitrogens is 2. The van der Waals surface area contributed by atoms with Crippen LogP contribution in [0.3, 0.4) is 0 Å². The molecule has 2 heterocycles. The highest BCUT2D eigenvalue weighted by molar-refractivity contribution is 7.19. The standard InChI is InChI=1S/C14H14N4OS/c1-7-11(8-3-4-9(15)10(5-8)19-2)12-13(16)17-6-18-14(12)20-7/h3-6H,15H2,1-2H3,(H2,16,17,18). The molecule has 0 bridgehead atoms. The molecule has 0 aliphatic carbocycles. The van der Waals surface area contributed by atoms with Crippen LogP contribution in [-0.2, 0) is 0 Å². The molecule has 3 aromatic rings. The number of nitrogen functional groups attached to an aromatic ring is 2. The zero-order chi connectivity index (χ0) is 14.3. The van der Waals surface area contributed by atoms with Crippen LogP contribution in [0.4, 0.5) is 11.5 Å². The normalized spacial score (nSPS) is 10.9. The summed E-state index contributed by atoms with van der Waals surface area (Å²) in [4.78, 5) is 10.4. The van der Waals surface area contributed by atoms with E-state index < -0.39 is 0 Å². The second-order valence-electron chi connectivity index (χ2n) is 4.43. The van der Waals surface area contributed by atoms with E-state index in [2.05, 4.69) is 9.97 Å². The lowest BCUT2D eigenvalue weighted by molar-refractivity contribution is 0.417. The first-order valence-corrected chi connectivity index (χ1v) is 6.87. The largest absolute Gasteiger partial charge is 0.495 e. The number of fused-ring (bicyclic) bond motifs is 1. The van der Waals surface area contributed by atoms with Crippen LogP contribution in [0, 0.1) is 6.92 Å². The highest BCUT2D eigenvalue weighted by Crippen LogP contribution is 2.41. The number of thiophene rings is 1. The van der Waals surface area contributed by atoms with Gasteiger partial charge in [-0.2, -0.15) is 0 Å². The third-order valence-electron chi connectivity index (χ3n) is 3.22. The van der Waals surface area contributed by atoms with Gasteiger partial charge in [0.05, 0.1) is 18.2 Å². The van der Waals surface area contributed by atoms with Gasteiger partial charge in [-0.25, -0.2) is 9.97 Å². The summed E-state index contributed by atoms with van der Waals surface area (Å²) in [5.74, 6) is 1.14. The predicted molar refractivity (Wildman–Crippen MR) is 83.0 cm³/mol. The molecule has 0 saturated carbocycles. The molecule has 0 aliphatic heterocycles. The van der Waals surface area contributed by atoms with Crippen LogP contribution in [0.25, 0.3) is 21.3 Å². The molecule has 1 aromatic carbocycles. The predicted octanol–water partition coefficient (Wildman–Crippen LogP) is 2.84. The minimum atomic E-state index is 0.491. The van der Waals surface area contributed by atoms with Crippen molar-refractivity contribution in [1.29, 1.82) is 0 Å². The molecule has 3 rings (SSSR count). The van der Waals surface area contributed by atoms with Crippen LogP contribution >= 0.6 is 11.3 Å². The molecule has 102 valence electrons. The zero-order valence-corrected chi connectivity index (χ0v) is 12.0. The maximum absolute atomic E-state index is 6.01. The summed E-state index contributed by atoms with van der Waals surface area (Å²) in [6.07, 6.45) is 1.49. The fraction of sp³-hybridized carbons (Fsp3) is 0.143. The number of benzene rings is 1. The second-order valence-corrected chi connectivity index (χ2v) is 5.63. The van der Waals surface area contributed by atoms with Crippen LogP contribution in [0.5, 0.6) is 5.75 Å². The highest BCUT2D eigenvalue weighted by Gasteiger charge is 2.16. The maximum atomic E-state index is 6.01. The number of ether oxygens (including phenoxy) is 1. The van der Waals surface area contributed by atoms with E-state index in [0.717, 1.165) is 26.2 Å². The molecular weight excluding hydrogens is 272 g/mol. The summed E-state index contributed by atoms with van der Waals surface area (Å²) in [5.41, 5.74) is 14.5. The summed E-state index contributed by atoms with van der Waals surface area (Å²) >= 11 is 1.60. The number of hydrogen-bond acceptors (Lipinski definition) is 6. The van der Waals surface area contributed by atoms with E-state index in [-0.39, 0.29) is 0 Å². The Kier molecular flexibility index (Phi) is 2.94. The lowest BCUT2D eigenvalue weighted by Crippen LogP contribution is -1.94. The summed E-state index contributed by atoms with van der Waals surface area (Å²) in [7, 11) is 1.60. The molecule has 0 atom stereocenters. The number of methoxy groups -OCH3 is 1. The first-order valence-electron chi connectivity index (χ1n) is 6.05. The van der Waals surface area contributed by atoms with Gasteiger partial charge in [0.2, 0.25) is 0 Å². The van der Waals surface area contributed by atoms with Crippen molar-refractivity contribution in [3.63, 3.8) is 0 Å². The molecule has 0 saturated heterocycles. The van der Waals surface area contributed by atoms with Crippen molar-refractivity contribution in [3.8, 4) is 16.9 Å². The van der Waals surface area contributed by atoms with Gasteiger partial charge in [-0.1, -0.05) is 6.07 Å². The van der Waals surface area contributed by atoms with Crippen LogP contribution in [0.15, 0.2) is 24.5 Å². The average Bonchev–Trinajstić information content (AvgIpc) is 2.77. The Balaban J connectivity index is 2.32. The van der Waals surface area contributed by atoms with E-state index in [9.17, 15) is 0 Å². The minimum absolute atomic E-state index is 0.491.